The third kappa shape index (κ3) is 2.62. The molecule has 0 aliphatic rings. The van der Waals surface area contributed by atoms with Gasteiger partial charge in [0, 0.05) is 10.0 Å². The van der Waals surface area contributed by atoms with Crippen molar-refractivity contribution >= 4 is 15.9 Å². The highest BCUT2D eigenvalue weighted by Gasteiger charge is 2.30. The monoisotopic (exact) mass is 343 g/mol. The largest absolute Gasteiger partial charge is 0.337 e. The number of halogens is 1. The fraction of sp³-hybridized carbons (Fsp3) is 0.125. The molecule has 2 N–H and O–H groups in total. The van der Waals surface area contributed by atoms with Crippen molar-refractivity contribution in [1.82, 2.24) is 10.1 Å². The molecule has 3 aromatic rings. The first-order valence-corrected chi connectivity index (χ1v) is 7.32. The maximum absolute atomic E-state index is 6.38. The van der Waals surface area contributed by atoms with Crippen molar-refractivity contribution in [3.8, 4) is 11.4 Å². The maximum Gasteiger partial charge on any atom is 0.251 e. The van der Waals surface area contributed by atoms with E-state index in [0.29, 0.717) is 11.7 Å². The summed E-state index contributed by atoms with van der Waals surface area (Å²) >= 11 is 3.48. The molecule has 1 aromatic heterocycles. The molecule has 5 heteroatoms. The van der Waals surface area contributed by atoms with Crippen LogP contribution in [0, 0.1) is 0 Å². The smallest absolute Gasteiger partial charge is 0.251 e. The zero-order chi connectivity index (χ0) is 14.9. The molecule has 0 aliphatic carbocycles. The van der Waals surface area contributed by atoms with E-state index >= 15 is 0 Å². The van der Waals surface area contributed by atoms with Crippen LogP contribution in [0.25, 0.3) is 11.4 Å². The summed E-state index contributed by atoms with van der Waals surface area (Å²) in [6, 6.07) is 17.4. The Bertz CT molecular complexity index is 753. The predicted molar refractivity (Wildman–Crippen MR) is 84.5 cm³/mol. The van der Waals surface area contributed by atoms with Crippen LogP contribution in [-0.4, -0.2) is 10.1 Å². The molecule has 0 spiro atoms. The van der Waals surface area contributed by atoms with E-state index in [1.165, 1.54) is 0 Å². The SMILES string of the molecule is CC(N)(c1ccccc1)c1nc(-c2ccccc2Br)no1. The lowest BCUT2D eigenvalue weighted by atomic mass is 9.93. The molecule has 3 rings (SSSR count). The minimum atomic E-state index is -0.826. The van der Waals surface area contributed by atoms with Gasteiger partial charge in [0.15, 0.2) is 0 Å². The van der Waals surface area contributed by atoms with Crippen molar-refractivity contribution in [3.05, 3.63) is 70.5 Å². The quantitative estimate of drug-likeness (QED) is 0.786. The van der Waals surface area contributed by atoms with Crippen LogP contribution in [0.15, 0.2) is 63.6 Å². The van der Waals surface area contributed by atoms with Gasteiger partial charge in [0.1, 0.15) is 5.54 Å². The first kappa shape index (κ1) is 14.0. The molecule has 4 nitrogen and oxygen atoms in total. The first-order chi connectivity index (χ1) is 10.1. The number of aromatic nitrogens is 2. The van der Waals surface area contributed by atoms with Gasteiger partial charge < -0.3 is 10.3 Å². The van der Waals surface area contributed by atoms with Crippen LogP contribution < -0.4 is 5.73 Å². The predicted octanol–water partition coefficient (Wildman–Crippen LogP) is 3.72. The molecule has 0 aliphatic heterocycles. The second-order valence-corrected chi connectivity index (χ2v) is 5.83. The highest BCUT2D eigenvalue weighted by molar-refractivity contribution is 9.10. The second-order valence-electron chi connectivity index (χ2n) is 4.97. The van der Waals surface area contributed by atoms with Gasteiger partial charge in [0.2, 0.25) is 5.82 Å². The molecule has 0 bridgehead atoms. The number of hydrogen-bond donors (Lipinski definition) is 1. The van der Waals surface area contributed by atoms with E-state index in [1.807, 2.05) is 61.5 Å². The van der Waals surface area contributed by atoms with E-state index in [4.69, 9.17) is 10.3 Å². The van der Waals surface area contributed by atoms with Gasteiger partial charge in [-0.05, 0) is 24.6 Å². The van der Waals surface area contributed by atoms with E-state index in [2.05, 4.69) is 26.1 Å². The third-order valence-corrected chi connectivity index (χ3v) is 4.05. The Morgan fingerprint density at radius 1 is 1.05 bits per heavy atom. The van der Waals surface area contributed by atoms with Crippen molar-refractivity contribution in [3.63, 3.8) is 0 Å². The normalized spacial score (nSPS) is 13.9. The average Bonchev–Trinajstić information content (AvgIpc) is 2.99. The van der Waals surface area contributed by atoms with Crippen LogP contribution in [-0.2, 0) is 5.54 Å². The molecule has 0 amide bonds. The standard InChI is InChI=1S/C16H14BrN3O/c1-16(18,11-7-3-2-4-8-11)15-19-14(20-21-15)12-9-5-6-10-13(12)17/h2-10H,18H2,1H3. The molecule has 0 saturated heterocycles. The summed E-state index contributed by atoms with van der Waals surface area (Å²) < 4.78 is 6.30. The Kier molecular flexibility index (Phi) is 3.61. The van der Waals surface area contributed by atoms with Gasteiger partial charge in [0.25, 0.3) is 5.89 Å². The molecular weight excluding hydrogens is 330 g/mol. The van der Waals surface area contributed by atoms with E-state index in [-0.39, 0.29) is 0 Å². The summed E-state index contributed by atoms with van der Waals surface area (Å²) in [7, 11) is 0. The number of nitrogens with two attached hydrogens (primary N) is 1. The van der Waals surface area contributed by atoms with E-state index < -0.39 is 5.54 Å². The highest BCUT2D eigenvalue weighted by Crippen LogP contribution is 2.29. The lowest BCUT2D eigenvalue weighted by Crippen LogP contribution is -2.34. The Balaban J connectivity index is 2.01. The van der Waals surface area contributed by atoms with E-state index in [0.717, 1.165) is 15.6 Å². The molecule has 0 saturated carbocycles. The summed E-state index contributed by atoms with van der Waals surface area (Å²) in [5, 5.41) is 4.04. The summed E-state index contributed by atoms with van der Waals surface area (Å²) in [4.78, 5) is 4.46. The molecule has 1 atom stereocenters. The van der Waals surface area contributed by atoms with Gasteiger partial charge in [-0.15, -0.1) is 0 Å². The minimum Gasteiger partial charge on any atom is -0.337 e. The lowest BCUT2D eigenvalue weighted by Gasteiger charge is -2.20. The molecule has 1 unspecified atom stereocenters. The Hall–Kier alpha value is -1.98. The van der Waals surface area contributed by atoms with E-state index in [9.17, 15) is 0 Å². The zero-order valence-corrected chi connectivity index (χ0v) is 13.0. The Morgan fingerprint density at radius 3 is 2.43 bits per heavy atom. The lowest BCUT2D eigenvalue weighted by molar-refractivity contribution is 0.325. The van der Waals surface area contributed by atoms with Crippen LogP contribution in [0.1, 0.15) is 18.4 Å². The average molecular weight is 344 g/mol. The topological polar surface area (TPSA) is 64.9 Å². The molecular formula is C16H14BrN3O. The highest BCUT2D eigenvalue weighted by atomic mass is 79.9. The Labute approximate surface area is 131 Å². The van der Waals surface area contributed by atoms with E-state index in [1.54, 1.807) is 0 Å². The summed E-state index contributed by atoms with van der Waals surface area (Å²) in [5.41, 5.74) is 7.35. The number of rotatable bonds is 3. The van der Waals surface area contributed by atoms with Crippen LogP contribution >= 0.6 is 15.9 Å². The van der Waals surface area contributed by atoms with Gasteiger partial charge >= 0.3 is 0 Å². The maximum atomic E-state index is 6.38. The first-order valence-electron chi connectivity index (χ1n) is 6.52. The summed E-state index contributed by atoms with van der Waals surface area (Å²) in [6.07, 6.45) is 0. The van der Waals surface area contributed by atoms with Gasteiger partial charge in [0.05, 0.1) is 0 Å². The van der Waals surface area contributed by atoms with Gasteiger partial charge in [-0.25, -0.2) is 0 Å². The van der Waals surface area contributed by atoms with Crippen molar-refractivity contribution < 1.29 is 4.52 Å². The number of nitrogens with zero attached hydrogens (tertiary/aromatic N) is 2. The third-order valence-electron chi connectivity index (χ3n) is 3.36. The fourth-order valence-corrected chi connectivity index (χ4v) is 2.56. The van der Waals surface area contributed by atoms with Crippen LogP contribution in [0.5, 0.6) is 0 Å². The molecule has 2 aromatic carbocycles. The zero-order valence-electron chi connectivity index (χ0n) is 11.5. The molecule has 0 fully saturated rings. The van der Waals surface area contributed by atoms with Crippen molar-refractivity contribution in [2.45, 2.75) is 12.5 Å². The molecule has 0 radical (unpaired) electrons. The molecule has 1 heterocycles. The van der Waals surface area contributed by atoms with Gasteiger partial charge in [-0.3, -0.25) is 0 Å². The van der Waals surface area contributed by atoms with Crippen molar-refractivity contribution in [2.75, 3.05) is 0 Å². The number of benzene rings is 2. The van der Waals surface area contributed by atoms with Gasteiger partial charge in [-0.2, -0.15) is 4.98 Å². The van der Waals surface area contributed by atoms with Gasteiger partial charge in [-0.1, -0.05) is 63.6 Å². The van der Waals surface area contributed by atoms with Crippen LogP contribution in [0.3, 0.4) is 0 Å². The fourth-order valence-electron chi connectivity index (χ4n) is 2.09. The molecule has 106 valence electrons. The van der Waals surface area contributed by atoms with Crippen LogP contribution in [0.4, 0.5) is 0 Å². The second kappa shape index (κ2) is 5.42. The molecule has 21 heavy (non-hydrogen) atoms. The summed E-state index contributed by atoms with van der Waals surface area (Å²) in [6.45, 7) is 1.86. The minimum absolute atomic E-state index is 0.388. The number of hydrogen-bond acceptors (Lipinski definition) is 4. The van der Waals surface area contributed by atoms with Crippen molar-refractivity contribution in [2.24, 2.45) is 5.73 Å². The van der Waals surface area contributed by atoms with Crippen molar-refractivity contribution in [1.29, 1.82) is 0 Å². The van der Waals surface area contributed by atoms with Crippen LogP contribution in [0.2, 0.25) is 0 Å². The Morgan fingerprint density at radius 2 is 1.71 bits per heavy atom. The summed E-state index contributed by atoms with van der Waals surface area (Å²) in [5.74, 6) is 0.907.